The number of benzene rings is 2. The van der Waals surface area contributed by atoms with Gasteiger partial charge in [-0.25, -0.2) is 8.42 Å². The number of para-hydroxylation sites is 1. The average Bonchev–Trinajstić information content (AvgIpc) is 2.59. The second-order valence-corrected chi connectivity index (χ2v) is 7.85. The third-order valence-corrected chi connectivity index (χ3v) is 5.06. The van der Waals surface area contributed by atoms with Crippen LogP contribution in [0.3, 0.4) is 0 Å². The molecule has 9 heteroatoms. The normalized spacial score (nSPS) is 13.1. The zero-order chi connectivity index (χ0) is 20.2. The third-order valence-electron chi connectivity index (χ3n) is 3.82. The van der Waals surface area contributed by atoms with Crippen LogP contribution in [0.4, 0.5) is 18.9 Å². The zero-order valence-corrected chi connectivity index (χ0v) is 15.5. The first kappa shape index (κ1) is 20.8. The van der Waals surface area contributed by atoms with Gasteiger partial charge in [0, 0.05) is 6.54 Å². The minimum absolute atomic E-state index is 0.153. The minimum Gasteiger partial charge on any atom is -0.350 e. The van der Waals surface area contributed by atoms with Gasteiger partial charge in [0.15, 0.2) is 0 Å². The van der Waals surface area contributed by atoms with Gasteiger partial charge in [-0.3, -0.25) is 9.10 Å². The number of rotatable bonds is 6. The lowest BCUT2D eigenvalue weighted by atomic mass is 10.1. The van der Waals surface area contributed by atoms with Gasteiger partial charge in [0.25, 0.3) is 0 Å². The van der Waals surface area contributed by atoms with Crippen molar-refractivity contribution in [3.05, 3.63) is 65.7 Å². The van der Waals surface area contributed by atoms with Crippen molar-refractivity contribution in [1.82, 2.24) is 5.32 Å². The van der Waals surface area contributed by atoms with Crippen LogP contribution in [0, 0.1) is 0 Å². The summed E-state index contributed by atoms with van der Waals surface area (Å²) in [6.45, 7) is 1.26. The second kappa shape index (κ2) is 7.99. The summed E-state index contributed by atoms with van der Waals surface area (Å²) in [5.41, 5.74) is -0.234. The molecule has 2 aromatic rings. The molecule has 1 amide bonds. The molecule has 0 saturated carbocycles. The number of amides is 1. The largest absolute Gasteiger partial charge is 0.416 e. The molecule has 1 N–H and O–H groups in total. The van der Waals surface area contributed by atoms with E-state index in [1.165, 1.54) is 19.1 Å². The highest BCUT2D eigenvalue weighted by Crippen LogP contribution is 2.29. The van der Waals surface area contributed by atoms with Gasteiger partial charge >= 0.3 is 6.18 Å². The Hall–Kier alpha value is -2.55. The summed E-state index contributed by atoms with van der Waals surface area (Å²) in [5, 5.41) is 2.49. The van der Waals surface area contributed by atoms with E-state index in [1.54, 1.807) is 30.3 Å². The SMILES string of the molecule is CC(C(=O)NCc1cccc(C(F)(F)F)c1)N(c1ccccc1)S(C)(=O)=O. The van der Waals surface area contributed by atoms with E-state index in [1.807, 2.05) is 0 Å². The predicted octanol–water partition coefficient (Wildman–Crippen LogP) is 3.18. The highest BCUT2D eigenvalue weighted by atomic mass is 32.2. The molecule has 0 aliphatic rings. The lowest BCUT2D eigenvalue weighted by molar-refractivity contribution is -0.137. The Morgan fingerprint density at radius 3 is 2.30 bits per heavy atom. The van der Waals surface area contributed by atoms with Gasteiger partial charge < -0.3 is 5.32 Å². The molecule has 0 bridgehead atoms. The summed E-state index contributed by atoms with van der Waals surface area (Å²) in [6, 6.07) is 11.6. The van der Waals surface area contributed by atoms with E-state index < -0.39 is 33.7 Å². The van der Waals surface area contributed by atoms with Gasteiger partial charge in [-0.15, -0.1) is 0 Å². The van der Waals surface area contributed by atoms with Crippen molar-refractivity contribution in [2.75, 3.05) is 10.6 Å². The van der Waals surface area contributed by atoms with E-state index in [2.05, 4.69) is 5.32 Å². The Morgan fingerprint density at radius 2 is 1.74 bits per heavy atom. The highest BCUT2D eigenvalue weighted by Gasteiger charge is 2.31. The summed E-state index contributed by atoms with van der Waals surface area (Å²) < 4.78 is 63.5. The van der Waals surface area contributed by atoms with Crippen LogP contribution in [0.15, 0.2) is 54.6 Å². The van der Waals surface area contributed by atoms with E-state index in [0.717, 1.165) is 22.7 Å². The molecule has 0 fully saturated rings. The fraction of sp³-hybridized carbons (Fsp3) is 0.278. The molecule has 146 valence electrons. The Balaban J connectivity index is 2.15. The number of nitrogens with one attached hydrogen (secondary N) is 1. The van der Waals surface area contributed by atoms with Crippen LogP contribution < -0.4 is 9.62 Å². The van der Waals surface area contributed by atoms with Gasteiger partial charge in [-0.05, 0) is 36.8 Å². The predicted molar refractivity (Wildman–Crippen MR) is 96.5 cm³/mol. The fourth-order valence-electron chi connectivity index (χ4n) is 2.58. The topological polar surface area (TPSA) is 66.5 Å². The molecule has 0 aliphatic heterocycles. The molecule has 27 heavy (non-hydrogen) atoms. The van der Waals surface area contributed by atoms with Crippen LogP contribution in [0.1, 0.15) is 18.1 Å². The molecule has 2 aromatic carbocycles. The van der Waals surface area contributed by atoms with Crippen molar-refractivity contribution < 1.29 is 26.4 Å². The van der Waals surface area contributed by atoms with Gasteiger partial charge in [-0.2, -0.15) is 13.2 Å². The number of carbonyl (C=O) groups is 1. The first-order chi connectivity index (χ1) is 12.5. The number of nitrogens with zero attached hydrogens (tertiary/aromatic N) is 1. The Morgan fingerprint density at radius 1 is 1.11 bits per heavy atom. The number of anilines is 1. The molecule has 2 rings (SSSR count). The van der Waals surface area contributed by atoms with Crippen LogP contribution in [-0.4, -0.2) is 26.6 Å². The first-order valence-corrected chi connectivity index (χ1v) is 9.83. The quantitative estimate of drug-likeness (QED) is 0.810. The summed E-state index contributed by atoms with van der Waals surface area (Å²) in [6.07, 6.45) is -3.50. The number of carbonyl (C=O) groups excluding carboxylic acids is 1. The van der Waals surface area contributed by atoms with Gasteiger partial charge in [0.1, 0.15) is 6.04 Å². The van der Waals surface area contributed by atoms with Gasteiger partial charge in [0.05, 0.1) is 17.5 Å². The highest BCUT2D eigenvalue weighted by molar-refractivity contribution is 7.92. The van der Waals surface area contributed by atoms with E-state index in [4.69, 9.17) is 0 Å². The van der Waals surface area contributed by atoms with Crippen LogP contribution in [0.2, 0.25) is 0 Å². The number of hydrogen-bond donors (Lipinski definition) is 1. The molecule has 1 unspecified atom stereocenters. The smallest absolute Gasteiger partial charge is 0.350 e. The molecule has 0 spiro atoms. The van der Waals surface area contributed by atoms with Crippen LogP contribution >= 0.6 is 0 Å². The minimum atomic E-state index is -4.48. The Bertz CT molecular complexity index is 900. The maximum Gasteiger partial charge on any atom is 0.416 e. The number of halogens is 3. The summed E-state index contributed by atoms with van der Waals surface area (Å²) in [7, 11) is -3.75. The van der Waals surface area contributed by atoms with E-state index in [0.29, 0.717) is 5.69 Å². The van der Waals surface area contributed by atoms with Crippen molar-refractivity contribution in [3.8, 4) is 0 Å². The summed E-state index contributed by atoms with van der Waals surface area (Å²) >= 11 is 0. The maximum atomic E-state index is 12.8. The number of alkyl halides is 3. The van der Waals surface area contributed by atoms with Gasteiger partial charge in [-0.1, -0.05) is 30.3 Å². The molecule has 0 heterocycles. The zero-order valence-electron chi connectivity index (χ0n) is 14.7. The molecule has 0 aliphatic carbocycles. The Labute approximate surface area is 155 Å². The molecule has 5 nitrogen and oxygen atoms in total. The molecule has 0 saturated heterocycles. The third kappa shape index (κ3) is 5.46. The molecule has 1 atom stereocenters. The standard InChI is InChI=1S/C18H19F3N2O3S/c1-13(23(27(2,25)26)16-9-4-3-5-10-16)17(24)22-12-14-7-6-8-15(11-14)18(19,20)21/h3-11,13H,12H2,1-2H3,(H,22,24). The van der Waals surface area contributed by atoms with Crippen molar-refractivity contribution >= 4 is 21.6 Å². The summed E-state index contributed by atoms with van der Waals surface area (Å²) in [4.78, 5) is 12.4. The monoisotopic (exact) mass is 400 g/mol. The lowest BCUT2D eigenvalue weighted by Gasteiger charge is -2.28. The number of hydrogen-bond acceptors (Lipinski definition) is 3. The summed E-state index contributed by atoms with van der Waals surface area (Å²) in [5.74, 6) is -0.623. The second-order valence-electron chi connectivity index (χ2n) is 5.99. The average molecular weight is 400 g/mol. The van der Waals surface area contributed by atoms with Crippen LogP contribution in [-0.2, 0) is 27.5 Å². The van der Waals surface area contributed by atoms with Crippen molar-refractivity contribution in [2.24, 2.45) is 0 Å². The van der Waals surface area contributed by atoms with Crippen LogP contribution in [0.25, 0.3) is 0 Å². The molecular weight excluding hydrogens is 381 g/mol. The van der Waals surface area contributed by atoms with Gasteiger partial charge in [0.2, 0.25) is 15.9 Å². The van der Waals surface area contributed by atoms with E-state index >= 15 is 0 Å². The van der Waals surface area contributed by atoms with Crippen molar-refractivity contribution in [2.45, 2.75) is 25.7 Å². The van der Waals surface area contributed by atoms with E-state index in [9.17, 15) is 26.4 Å². The number of sulfonamides is 1. The van der Waals surface area contributed by atoms with Crippen molar-refractivity contribution in [1.29, 1.82) is 0 Å². The van der Waals surface area contributed by atoms with Crippen LogP contribution in [0.5, 0.6) is 0 Å². The fourth-order valence-corrected chi connectivity index (χ4v) is 3.75. The maximum absolute atomic E-state index is 12.8. The molecule has 0 radical (unpaired) electrons. The van der Waals surface area contributed by atoms with Crippen molar-refractivity contribution in [3.63, 3.8) is 0 Å². The Kier molecular flexibility index (Phi) is 6.15. The lowest BCUT2D eigenvalue weighted by Crippen LogP contribution is -2.47. The molecule has 0 aromatic heterocycles. The molecular formula is C18H19F3N2O3S. The van der Waals surface area contributed by atoms with E-state index in [-0.39, 0.29) is 12.1 Å². The first-order valence-electron chi connectivity index (χ1n) is 7.98.